The molecule has 0 radical (unpaired) electrons. The van der Waals surface area contributed by atoms with E-state index >= 15 is 0 Å². The predicted molar refractivity (Wildman–Crippen MR) is 129 cm³/mol. The van der Waals surface area contributed by atoms with Crippen molar-refractivity contribution in [3.8, 4) is 17.0 Å². The Labute approximate surface area is 199 Å². The number of fused-ring (bicyclic) bond motifs is 2. The van der Waals surface area contributed by atoms with Gasteiger partial charge in [0.25, 0.3) is 0 Å². The minimum Gasteiger partial charge on any atom is -0.482 e. The number of amides is 1. The summed E-state index contributed by atoms with van der Waals surface area (Å²) in [6.07, 6.45) is 2.28. The number of pyridine rings is 1. The number of aryl methyl sites for hydroxylation is 1. The summed E-state index contributed by atoms with van der Waals surface area (Å²) in [6, 6.07) is 14.0. The lowest BCUT2D eigenvalue weighted by molar-refractivity contribution is -0.00969. The standard InChI is InChI=1S/C26H31N5O3/c1-17(18-8-6-5-7-9-18)33-21-12-19(14-28-23(21)27)20-13-22-26(10-11-31(22)29-20)15-30(16-26)24(32)34-25(2,3)4/h5-9,12-14,17H,10-11,15-16H2,1-4H3,(H2,27,28)/t17-/m0/s1. The van der Waals surface area contributed by atoms with Crippen LogP contribution in [0.2, 0.25) is 0 Å². The van der Waals surface area contributed by atoms with Gasteiger partial charge in [-0.05, 0) is 51.8 Å². The Morgan fingerprint density at radius 3 is 2.62 bits per heavy atom. The number of benzene rings is 1. The van der Waals surface area contributed by atoms with Crippen molar-refractivity contribution in [2.75, 3.05) is 18.8 Å². The van der Waals surface area contributed by atoms with E-state index in [0.717, 1.165) is 35.5 Å². The van der Waals surface area contributed by atoms with E-state index in [1.165, 1.54) is 0 Å². The zero-order chi connectivity index (χ0) is 24.1. The molecule has 2 aliphatic rings. The Morgan fingerprint density at radius 1 is 1.18 bits per heavy atom. The average Bonchev–Trinajstić information content (AvgIpc) is 3.33. The van der Waals surface area contributed by atoms with Crippen LogP contribution in [0.5, 0.6) is 5.75 Å². The van der Waals surface area contributed by atoms with E-state index in [-0.39, 0.29) is 17.6 Å². The average molecular weight is 462 g/mol. The number of nitrogen functional groups attached to an aromatic ring is 1. The quantitative estimate of drug-likeness (QED) is 0.612. The Morgan fingerprint density at radius 2 is 1.91 bits per heavy atom. The van der Waals surface area contributed by atoms with Crippen LogP contribution in [-0.2, 0) is 16.7 Å². The summed E-state index contributed by atoms with van der Waals surface area (Å²) in [7, 11) is 0. The SMILES string of the molecule is C[C@H](Oc1cc(-c2cc3n(n2)CCC32CN(C(=O)OC(C)(C)C)C2)cnc1N)c1ccccc1. The lowest BCUT2D eigenvalue weighted by atomic mass is 9.76. The van der Waals surface area contributed by atoms with E-state index in [2.05, 4.69) is 11.1 Å². The number of nitrogens with two attached hydrogens (primary N) is 1. The fourth-order valence-electron chi connectivity index (χ4n) is 4.74. The van der Waals surface area contributed by atoms with Crippen LogP contribution in [0.1, 0.15) is 51.5 Å². The maximum absolute atomic E-state index is 12.4. The molecule has 3 aromatic rings. The number of hydrogen-bond donors (Lipinski definition) is 1. The monoisotopic (exact) mass is 461 g/mol. The number of aromatic nitrogens is 3. The second-order valence-corrected chi connectivity index (χ2v) is 10.3. The first-order valence-electron chi connectivity index (χ1n) is 11.7. The topological polar surface area (TPSA) is 95.5 Å². The summed E-state index contributed by atoms with van der Waals surface area (Å²) in [4.78, 5) is 18.6. The molecule has 1 amide bonds. The van der Waals surface area contributed by atoms with Crippen molar-refractivity contribution in [3.05, 3.63) is 59.9 Å². The van der Waals surface area contributed by atoms with Gasteiger partial charge < -0.3 is 20.1 Å². The molecule has 2 aromatic heterocycles. The number of anilines is 1. The summed E-state index contributed by atoms with van der Waals surface area (Å²) >= 11 is 0. The van der Waals surface area contributed by atoms with E-state index in [4.69, 9.17) is 20.3 Å². The largest absolute Gasteiger partial charge is 0.482 e. The highest BCUT2D eigenvalue weighted by atomic mass is 16.6. The van der Waals surface area contributed by atoms with Crippen molar-refractivity contribution in [1.82, 2.24) is 19.7 Å². The summed E-state index contributed by atoms with van der Waals surface area (Å²) in [5.41, 5.74) is 9.45. The van der Waals surface area contributed by atoms with Gasteiger partial charge in [0.05, 0.1) is 5.69 Å². The third-order valence-corrected chi connectivity index (χ3v) is 6.51. The van der Waals surface area contributed by atoms with Gasteiger partial charge >= 0.3 is 6.09 Å². The highest BCUT2D eigenvalue weighted by Crippen LogP contribution is 2.44. The molecule has 1 fully saturated rings. The van der Waals surface area contributed by atoms with Gasteiger partial charge in [0, 0.05) is 42.5 Å². The lowest BCUT2D eigenvalue weighted by Crippen LogP contribution is -2.61. The fourth-order valence-corrected chi connectivity index (χ4v) is 4.74. The predicted octanol–water partition coefficient (Wildman–Crippen LogP) is 4.56. The number of carbonyl (C=O) groups excluding carboxylic acids is 1. The van der Waals surface area contributed by atoms with Gasteiger partial charge in [0.1, 0.15) is 11.7 Å². The van der Waals surface area contributed by atoms with Crippen molar-refractivity contribution < 1.29 is 14.3 Å². The Hall–Kier alpha value is -3.55. The zero-order valence-corrected chi connectivity index (χ0v) is 20.1. The second kappa shape index (κ2) is 8.04. The molecule has 8 heteroatoms. The molecule has 178 valence electrons. The summed E-state index contributed by atoms with van der Waals surface area (Å²) in [6.45, 7) is 9.77. The number of rotatable bonds is 4. The first kappa shape index (κ1) is 22.3. The first-order chi connectivity index (χ1) is 16.1. The molecule has 0 unspecified atom stereocenters. The third-order valence-electron chi connectivity index (χ3n) is 6.51. The van der Waals surface area contributed by atoms with Gasteiger partial charge in [-0.3, -0.25) is 4.68 Å². The molecule has 2 aliphatic heterocycles. The summed E-state index contributed by atoms with van der Waals surface area (Å²) < 4.78 is 13.7. The van der Waals surface area contributed by atoms with Gasteiger partial charge in [0.15, 0.2) is 11.6 Å². The van der Waals surface area contributed by atoms with E-state index in [9.17, 15) is 4.79 Å². The fraction of sp³-hybridized carbons (Fsp3) is 0.423. The Bertz CT molecular complexity index is 1210. The maximum atomic E-state index is 12.4. The molecule has 4 heterocycles. The van der Waals surface area contributed by atoms with Gasteiger partial charge in [-0.25, -0.2) is 9.78 Å². The van der Waals surface area contributed by atoms with Crippen molar-refractivity contribution in [2.24, 2.45) is 0 Å². The minimum atomic E-state index is -0.496. The number of hydrogen-bond acceptors (Lipinski definition) is 6. The summed E-state index contributed by atoms with van der Waals surface area (Å²) in [5, 5.41) is 4.82. The van der Waals surface area contributed by atoms with E-state index < -0.39 is 5.60 Å². The molecule has 34 heavy (non-hydrogen) atoms. The molecule has 0 bridgehead atoms. The van der Waals surface area contributed by atoms with Crippen LogP contribution in [0.3, 0.4) is 0 Å². The molecule has 0 saturated carbocycles. The molecule has 0 aliphatic carbocycles. The molecule has 1 atom stereocenters. The second-order valence-electron chi connectivity index (χ2n) is 10.3. The van der Waals surface area contributed by atoms with E-state index in [1.807, 2.05) is 68.8 Å². The van der Waals surface area contributed by atoms with Gasteiger partial charge in [-0.1, -0.05) is 30.3 Å². The molecule has 1 spiro atoms. The summed E-state index contributed by atoms with van der Waals surface area (Å²) in [5.74, 6) is 0.887. The number of nitrogens with zero attached hydrogens (tertiary/aromatic N) is 4. The van der Waals surface area contributed by atoms with Crippen LogP contribution >= 0.6 is 0 Å². The molecular formula is C26H31N5O3. The Balaban J connectivity index is 1.33. The highest BCUT2D eigenvalue weighted by Gasteiger charge is 2.52. The molecular weight excluding hydrogens is 430 g/mol. The first-order valence-corrected chi connectivity index (χ1v) is 11.7. The van der Waals surface area contributed by atoms with Crippen LogP contribution in [-0.4, -0.2) is 44.4 Å². The Kier molecular flexibility index (Phi) is 5.26. The van der Waals surface area contributed by atoms with Gasteiger partial charge in [-0.2, -0.15) is 5.10 Å². The van der Waals surface area contributed by atoms with Gasteiger partial charge in [0.2, 0.25) is 0 Å². The molecule has 5 rings (SSSR count). The molecule has 1 saturated heterocycles. The zero-order valence-electron chi connectivity index (χ0n) is 20.1. The van der Waals surface area contributed by atoms with Crippen molar-refractivity contribution >= 4 is 11.9 Å². The highest BCUT2D eigenvalue weighted by molar-refractivity contribution is 5.71. The van der Waals surface area contributed by atoms with Crippen molar-refractivity contribution in [2.45, 2.75) is 57.8 Å². The molecule has 8 nitrogen and oxygen atoms in total. The maximum Gasteiger partial charge on any atom is 0.410 e. The van der Waals surface area contributed by atoms with Crippen LogP contribution in [0.4, 0.5) is 10.6 Å². The number of ether oxygens (including phenoxy) is 2. The molecule has 2 N–H and O–H groups in total. The minimum absolute atomic E-state index is 0.0649. The number of carbonyl (C=O) groups is 1. The molecule has 1 aromatic carbocycles. The van der Waals surface area contributed by atoms with Crippen LogP contribution in [0, 0.1) is 0 Å². The normalized spacial score (nSPS) is 17.2. The van der Waals surface area contributed by atoms with Crippen LogP contribution in [0.25, 0.3) is 11.3 Å². The third kappa shape index (κ3) is 4.08. The van der Waals surface area contributed by atoms with Crippen molar-refractivity contribution in [1.29, 1.82) is 0 Å². The number of likely N-dealkylation sites (tertiary alicyclic amines) is 1. The lowest BCUT2D eigenvalue weighted by Gasteiger charge is -2.47. The smallest absolute Gasteiger partial charge is 0.410 e. The van der Waals surface area contributed by atoms with E-state index in [1.54, 1.807) is 11.1 Å². The van der Waals surface area contributed by atoms with Crippen LogP contribution < -0.4 is 10.5 Å². The van der Waals surface area contributed by atoms with Crippen LogP contribution in [0.15, 0.2) is 48.7 Å². The van der Waals surface area contributed by atoms with Gasteiger partial charge in [-0.15, -0.1) is 0 Å². The van der Waals surface area contributed by atoms with Crippen molar-refractivity contribution in [3.63, 3.8) is 0 Å². The van der Waals surface area contributed by atoms with E-state index in [0.29, 0.717) is 24.7 Å².